The minimum absolute atomic E-state index is 0.0192. The molecule has 8 nitrogen and oxygen atoms in total. The number of carbonyl (C=O) groups excluding carboxylic acids is 1. The Bertz CT molecular complexity index is 1050. The maximum atomic E-state index is 12.2. The van der Waals surface area contributed by atoms with E-state index in [0.717, 1.165) is 16.8 Å². The number of ether oxygens (including phenoxy) is 1. The zero-order valence-electron chi connectivity index (χ0n) is 17.1. The lowest BCUT2D eigenvalue weighted by Crippen LogP contribution is -2.26. The molecule has 0 saturated heterocycles. The first kappa shape index (κ1) is 20.4. The van der Waals surface area contributed by atoms with Gasteiger partial charge in [-0.2, -0.15) is 4.99 Å². The molecule has 1 aromatic heterocycles. The Morgan fingerprint density at radius 2 is 2.10 bits per heavy atom. The number of aryl methyl sites for hydroxylation is 1. The van der Waals surface area contributed by atoms with Gasteiger partial charge in [-0.3, -0.25) is 4.79 Å². The number of hydrogen-bond acceptors (Lipinski definition) is 6. The number of aliphatic hydroxyl groups is 1. The number of nitrogens with two attached hydrogens (primary N) is 1. The normalized spacial score (nSPS) is 17.4. The molecule has 0 saturated carbocycles. The third-order valence-corrected chi connectivity index (χ3v) is 4.59. The number of carbonyl (C=O) groups is 1. The van der Waals surface area contributed by atoms with Crippen molar-refractivity contribution in [1.29, 1.82) is 0 Å². The van der Waals surface area contributed by atoms with E-state index < -0.39 is 0 Å². The van der Waals surface area contributed by atoms with Crippen LogP contribution in [-0.4, -0.2) is 39.6 Å². The molecule has 0 radical (unpaired) electrons. The van der Waals surface area contributed by atoms with Crippen LogP contribution in [0.1, 0.15) is 39.3 Å². The van der Waals surface area contributed by atoms with Gasteiger partial charge in [0.15, 0.2) is 5.78 Å². The predicted octanol–water partition coefficient (Wildman–Crippen LogP) is 3.56. The molecule has 0 bridgehead atoms. The van der Waals surface area contributed by atoms with Crippen LogP contribution in [0.5, 0.6) is 5.75 Å². The number of fused-ring (bicyclic) bond motifs is 1. The Morgan fingerprint density at radius 1 is 1.34 bits per heavy atom. The molecule has 1 aliphatic rings. The van der Waals surface area contributed by atoms with Crippen LogP contribution in [0.25, 0.3) is 10.9 Å². The predicted molar refractivity (Wildman–Crippen MR) is 113 cm³/mol. The molecular formula is C21H25N5O3. The monoisotopic (exact) mass is 395 g/mol. The van der Waals surface area contributed by atoms with Crippen LogP contribution in [0.2, 0.25) is 0 Å². The highest BCUT2D eigenvalue weighted by molar-refractivity contribution is 6.16. The number of aromatic nitrogens is 2. The topological polar surface area (TPSA) is 123 Å². The number of allylic oxidation sites excluding steroid dienone is 2. The van der Waals surface area contributed by atoms with Crippen molar-refractivity contribution in [3.8, 4) is 5.75 Å². The standard InChI is InChI=1S/C21H25N5O3/c1-5-29-13-6-7-16-14(8-13)12(2)24-20(25-16)26-19(22)23-11-15-17(27)9-21(3,4)10-18(15)28/h6-8,11,27H,5,9-10H2,1-4H3,(H2,22,24,25,26). The van der Waals surface area contributed by atoms with Crippen molar-refractivity contribution >= 4 is 34.8 Å². The van der Waals surface area contributed by atoms with Gasteiger partial charge in [-0.15, -0.1) is 0 Å². The Kier molecular flexibility index (Phi) is 5.63. The van der Waals surface area contributed by atoms with E-state index in [1.807, 2.05) is 45.9 Å². The molecule has 3 rings (SSSR count). The first-order valence-electron chi connectivity index (χ1n) is 9.43. The highest BCUT2D eigenvalue weighted by Gasteiger charge is 2.32. The van der Waals surface area contributed by atoms with E-state index in [0.29, 0.717) is 25.0 Å². The van der Waals surface area contributed by atoms with Gasteiger partial charge in [-0.05, 0) is 37.5 Å². The summed E-state index contributed by atoms with van der Waals surface area (Å²) in [7, 11) is 0. The third-order valence-electron chi connectivity index (χ3n) is 4.59. The molecule has 0 atom stereocenters. The highest BCUT2D eigenvalue weighted by atomic mass is 16.5. The molecule has 2 aromatic rings. The summed E-state index contributed by atoms with van der Waals surface area (Å²) in [6, 6.07) is 5.55. The quantitative estimate of drug-likeness (QED) is 0.603. The van der Waals surface area contributed by atoms with E-state index in [-0.39, 0.29) is 34.4 Å². The van der Waals surface area contributed by atoms with Crippen LogP contribution in [-0.2, 0) is 4.79 Å². The maximum Gasteiger partial charge on any atom is 0.253 e. The smallest absolute Gasteiger partial charge is 0.253 e. The van der Waals surface area contributed by atoms with Gasteiger partial charge in [0.2, 0.25) is 5.96 Å². The van der Waals surface area contributed by atoms with Crippen LogP contribution in [0.3, 0.4) is 0 Å². The van der Waals surface area contributed by atoms with E-state index in [2.05, 4.69) is 20.0 Å². The lowest BCUT2D eigenvalue weighted by atomic mass is 9.77. The molecule has 1 aromatic carbocycles. The summed E-state index contributed by atoms with van der Waals surface area (Å²) in [4.78, 5) is 29.1. The second kappa shape index (κ2) is 7.98. The minimum atomic E-state index is -0.267. The fourth-order valence-electron chi connectivity index (χ4n) is 3.26. The van der Waals surface area contributed by atoms with Crippen molar-refractivity contribution < 1.29 is 14.6 Å². The number of benzene rings is 1. The first-order chi connectivity index (χ1) is 13.7. The lowest BCUT2D eigenvalue weighted by molar-refractivity contribution is -0.117. The van der Waals surface area contributed by atoms with Crippen molar-refractivity contribution in [3.05, 3.63) is 35.2 Å². The number of aliphatic imine (C=N–C) groups is 2. The third kappa shape index (κ3) is 4.77. The molecule has 8 heteroatoms. The van der Waals surface area contributed by atoms with Crippen LogP contribution in [0, 0.1) is 12.3 Å². The fourth-order valence-corrected chi connectivity index (χ4v) is 3.26. The summed E-state index contributed by atoms with van der Waals surface area (Å²) in [5, 5.41) is 11.0. The summed E-state index contributed by atoms with van der Waals surface area (Å²) >= 11 is 0. The molecule has 3 N–H and O–H groups in total. The average molecular weight is 395 g/mol. The van der Waals surface area contributed by atoms with Crippen LogP contribution >= 0.6 is 0 Å². The van der Waals surface area contributed by atoms with Crippen molar-refractivity contribution in [3.63, 3.8) is 0 Å². The molecule has 152 valence electrons. The molecular weight excluding hydrogens is 370 g/mol. The number of ketones is 1. The van der Waals surface area contributed by atoms with Crippen molar-refractivity contribution in [2.45, 2.75) is 40.5 Å². The second-order valence-corrected chi connectivity index (χ2v) is 7.75. The average Bonchev–Trinajstić information content (AvgIpc) is 2.61. The Labute approximate surface area is 169 Å². The first-order valence-corrected chi connectivity index (χ1v) is 9.43. The fraction of sp³-hybridized carbons (Fsp3) is 0.381. The van der Waals surface area contributed by atoms with Crippen molar-refractivity contribution in [2.24, 2.45) is 21.1 Å². The summed E-state index contributed by atoms with van der Waals surface area (Å²) in [6.07, 6.45) is 2.01. The zero-order valence-corrected chi connectivity index (χ0v) is 17.1. The second-order valence-electron chi connectivity index (χ2n) is 7.75. The van der Waals surface area contributed by atoms with Gasteiger partial charge >= 0.3 is 0 Å². The number of hydrogen-bond donors (Lipinski definition) is 2. The SMILES string of the molecule is CCOc1ccc2nc(N=C(N)N=CC3=C(O)CC(C)(C)CC3=O)nc(C)c2c1. The van der Waals surface area contributed by atoms with E-state index >= 15 is 0 Å². The summed E-state index contributed by atoms with van der Waals surface area (Å²) < 4.78 is 5.51. The van der Waals surface area contributed by atoms with Gasteiger partial charge in [0, 0.05) is 24.4 Å². The summed E-state index contributed by atoms with van der Waals surface area (Å²) in [5.74, 6) is 0.667. The minimum Gasteiger partial charge on any atom is -0.511 e. The maximum absolute atomic E-state index is 12.2. The van der Waals surface area contributed by atoms with E-state index in [9.17, 15) is 9.90 Å². The number of Topliss-reactive ketones (excluding diaryl/α,β-unsaturated/α-hetero) is 1. The highest BCUT2D eigenvalue weighted by Crippen LogP contribution is 2.35. The largest absolute Gasteiger partial charge is 0.511 e. The summed E-state index contributed by atoms with van der Waals surface area (Å²) in [5.41, 5.74) is 7.21. The molecule has 0 amide bonds. The van der Waals surface area contributed by atoms with Crippen LogP contribution < -0.4 is 10.5 Å². The lowest BCUT2D eigenvalue weighted by Gasteiger charge is -2.28. The number of rotatable bonds is 4. The Morgan fingerprint density at radius 3 is 2.79 bits per heavy atom. The Hall–Kier alpha value is -3.29. The number of guanidine groups is 1. The molecule has 0 aliphatic heterocycles. The van der Waals surface area contributed by atoms with Gasteiger partial charge in [-0.25, -0.2) is 15.0 Å². The molecule has 1 aliphatic carbocycles. The van der Waals surface area contributed by atoms with Crippen LogP contribution in [0.4, 0.5) is 5.95 Å². The van der Waals surface area contributed by atoms with Gasteiger partial charge < -0.3 is 15.6 Å². The van der Waals surface area contributed by atoms with Gasteiger partial charge in [0.1, 0.15) is 11.5 Å². The zero-order chi connectivity index (χ0) is 21.2. The van der Waals surface area contributed by atoms with E-state index in [1.54, 1.807) is 0 Å². The van der Waals surface area contributed by atoms with E-state index in [4.69, 9.17) is 10.5 Å². The van der Waals surface area contributed by atoms with Gasteiger partial charge in [0.05, 0.1) is 23.4 Å². The molecule has 0 spiro atoms. The molecule has 1 heterocycles. The Balaban J connectivity index is 1.86. The van der Waals surface area contributed by atoms with Gasteiger partial charge in [0.25, 0.3) is 5.95 Å². The van der Waals surface area contributed by atoms with Gasteiger partial charge in [-0.1, -0.05) is 13.8 Å². The molecule has 29 heavy (non-hydrogen) atoms. The molecule has 0 fully saturated rings. The van der Waals surface area contributed by atoms with Crippen LogP contribution in [0.15, 0.2) is 39.5 Å². The van der Waals surface area contributed by atoms with Crippen molar-refractivity contribution in [1.82, 2.24) is 9.97 Å². The van der Waals surface area contributed by atoms with Crippen molar-refractivity contribution in [2.75, 3.05) is 6.61 Å². The molecule has 0 unspecified atom stereocenters. The number of nitrogens with zero attached hydrogens (tertiary/aromatic N) is 4. The van der Waals surface area contributed by atoms with E-state index in [1.165, 1.54) is 6.21 Å². The number of aliphatic hydroxyl groups excluding tert-OH is 1. The summed E-state index contributed by atoms with van der Waals surface area (Å²) in [6.45, 7) is 8.22.